The van der Waals surface area contributed by atoms with Crippen LogP contribution in [0.1, 0.15) is 24.2 Å². The molecule has 0 spiro atoms. The smallest absolute Gasteiger partial charge is 0.240 e. The largest absolute Gasteiger partial charge is 0.347 e. The van der Waals surface area contributed by atoms with Gasteiger partial charge < -0.3 is 15.6 Å². The van der Waals surface area contributed by atoms with Crippen LogP contribution in [-0.2, 0) is 24.3 Å². The van der Waals surface area contributed by atoms with Crippen LogP contribution in [0.2, 0.25) is 0 Å². The summed E-state index contributed by atoms with van der Waals surface area (Å²) in [6.45, 7) is 1.28. The van der Waals surface area contributed by atoms with Crippen molar-refractivity contribution in [2.24, 2.45) is 5.73 Å². The molecule has 23 heavy (non-hydrogen) atoms. The molecule has 126 valence electrons. The number of benzene rings is 1. The highest BCUT2D eigenvalue weighted by Gasteiger charge is 2.45. The summed E-state index contributed by atoms with van der Waals surface area (Å²) >= 11 is 0. The molecule has 7 heteroatoms. The molecular weight excluding hydrogens is 335 g/mol. The maximum Gasteiger partial charge on any atom is 0.240 e. The first-order chi connectivity index (χ1) is 10.2. The second-order valence-corrected chi connectivity index (χ2v) is 5.61. The van der Waals surface area contributed by atoms with Gasteiger partial charge in [0.25, 0.3) is 0 Å². The van der Waals surface area contributed by atoms with E-state index in [4.69, 9.17) is 5.73 Å². The van der Waals surface area contributed by atoms with Gasteiger partial charge in [-0.15, -0.1) is 24.8 Å². The topological polar surface area (TPSA) is 72.9 Å². The van der Waals surface area contributed by atoms with Gasteiger partial charge in [-0.2, -0.15) is 0 Å². The normalized spacial score (nSPS) is 14.3. The zero-order valence-electron chi connectivity index (χ0n) is 12.8. The summed E-state index contributed by atoms with van der Waals surface area (Å²) < 4.78 is 2.07. The van der Waals surface area contributed by atoms with Crippen LogP contribution in [0.4, 0.5) is 0 Å². The van der Waals surface area contributed by atoms with Crippen LogP contribution in [0.3, 0.4) is 0 Å². The van der Waals surface area contributed by atoms with Crippen molar-refractivity contribution < 1.29 is 4.79 Å². The van der Waals surface area contributed by atoms with E-state index in [2.05, 4.69) is 27.0 Å². The van der Waals surface area contributed by atoms with Gasteiger partial charge in [-0.05, 0) is 24.8 Å². The van der Waals surface area contributed by atoms with E-state index < -0.39 is 5.54 Å². The summed E-state index contributed by atoms with van der Waals surface area (Å²) in [5.74, 6) is 0.795. The SMILES string of the molecule is Cl.Cl.NC1(C(=O)NCc2nccn2CCc2ccccc2)CC1. The molecule has 0 saturated heterocycles. The predicted octanol–water partition coefficient (Wildman–Crippen LogP) is 2.08. The van der Waals surface area contributed by atoms with Gasteiger partial charge in [0.05, 0.1) is 12.1 Å². The van der Waals surface area contributed by atoms with Crippen LogP contribution in [0.5, 0.6) is 0 Å². The molecule has 2 aromatic rings. The molecule has 1 aromatic carbocycles. The van der Waals surface area contributed by atoms with E-state index in [-0.39, 0.29) is 30.7 Å². The number of carbonyl (C=O) groups excluding carboxylic acids is 1. The second-order valence-electron chi connectivity index (χ2n) is 5.61. The number of nitrogens with zero attached hydrogens (tertiary/aromatic N) is 2. The van der Waals surface area contributed by atoms with Crippen molar-refractivity contribution >= 4 is 30.7 Å². The van der Waals surface area contributed by atoms with E-state index in [9.17, 15) is 4.79 Å². The van der Waals surface area contributed by atoms with Crippen LogP contribution in [0, 0.1) is 0 Å². The molecule has 1 heterocycles. The summed E-state index contributed by atoms with van der Waals surface area (Å²) in [5.41, 5.74) is 6.53. The third-order valence-electron chi connectivity index (χ3n) is 3.93. The van der Waals surface area contributed by atoms with Gasteiger partial charge in [-0.3, -0.25) is 4.79 Å². The highest BCUT2D eigenvalue weighted by Crippen LogP contribution is 2.32. The Hall–Kier alpha value is -1.56. The Morgan fingerprint density at radius 3 is 2.61 bits per heavy atom. The number of amides is 1. The zero-order valence-corrected chi connectivity index (χ0v) is 14.4. The fraction of sp³-hybridized carbons (Fsp3) is 0.375. The van der Waals surface area contributed by atoms with Crippen molar-refractivity contribution in [2.75, 3.05) is 0 Å². The lowest BCUT2D eigenvalue weighted by Gasteiger charge is -2.11. The molecule has 1 amide bonds. The van der Waals surface area contributed by atoms with Gasteiger partial charge in [0.1, 0.15) is 5.82 Å². The molecule has 0 bridgehead atoms. The Morgan fingerprint density at radius 1 is 1.26 bits per heavy atom. The van der Waals surface area contributed by atoms with Crippen LogP contribution in [0.15, 0.2) is 42.7 Å². The van der Waals surface area contributed by atoms with Crippen molar-refractivity contribution in [3.05, 3.63) is 54.1 Å². The van der Waals surface area contributed by atoms with Crippen LogP contribution < -0.4 is 11.1 Å². The minimum atomic E-state index is -0.624. The summed E-state index contributed by atoms with van der Waals surface area (Å²) in [6.07, 6.45) is 6.21. The number of nitrogens with two attached hydrogens (primary N) is 1. The maximum absolute atomic E-state index is 11.8. The molecule has 0 unspecified atom stereocenters. The Morgan fingerprint density at radius 2 is 1.96 bits per heavy atom. The van der Waals surface area contributed by atoms with E-state index in [1.165, 1.54) is 5.56 Å². The van der Waals surface area contributed by atoms with Crippen molar-refractivity contribution in [1.29, 1.82) is 0 Å². The van der Waals surface area contributed by atoms with Gasteiger partial charge in [-0.25, -0.2) is 4.98 Å². The predicted molar refractivity (Wildman–Crippen MR) is 94.9 cm³/mol. The number of imidazole rings is 1. The minimum absolute atomic E-state index is 0. The van der Waals surface area contributed by atoms with E-state index in [1.807, 2.05) is 24.4 Å². The van der Waals surface area contributed by atoms with E-state index in [1.54, 1.807) is 6.20 Å². The summed E-state index contributed by atoms with van der Waals surface area (Å²) in [4.78, 5) is 16.2. The molecule has 5 nitrogen and oxygen atoms in total. The maximum atomic E-state index is 11.8. The van der Waals surface area contributed by atoms with Gasteiger partial charge in [-0.1, -0.05) is 30.3 Å². The summed E-state index contributed by atoms with van der Waals surface area (Å²) in [6, 6.07) is 10.3. The summed E-state index contributed by atoms with van der Waals surface area (Å²) in [5, 5.41) is 2.88. The highest BCUT2D eigenvalue weighted by molar-refractivity contribution is 5.88. The quantitative estimate of drug-likeness (QED) is 0.831. The van der Waals surface area contributed by atoms with E-state index >= 15 is 0 Å². The Balaban J connectivity index is 0.00000132. The van der Waals surface area contributed by atoms with Crippen molar-refractivity contribution in [1.82, 2.24) is 14.9 Å². The van der Waals surface area contributed by atoms with Crippen LogP contribution in [0.25, 0.3) is 0 Å². The minimum Gasteiger partial charge on any atom is -0.347 e. The molecule has 1 aromatic heterocycles. The number of aromatic nitrogens is 2. The monoisotopic (exact) mass is 356 g/mol. The van der Waals surface area contributed by atoms with Crippen molar-refractivity contribution in [3.63, 3.8) is 0 Å². The first-order valence-corrected chi connectivity index (χ1v) is 7.28. The van der Waals surface area contributed by atoms with Gasteiger partial charge in [0.2, 0.25) is 5.91 Å². The number of hydrogen-bond donors (Lipinski definition) is 2. The molecule has 3 N–H and O–H groups in total. The van der Waals surface area contributed by atoms with Crippen molar-refractivity contribution in [3.8, 4) is 0 Å². The number of aryl methyl sites for hydroxylation is 2. The van der Waals surface area contributed by atoms with Gasteiger partial charge >= 0.3 is 0 Å². The molecule has 0 aliphatic heterocycles. The van der Waals surface area contributed by atoms with Gasteiger partial charge in [0.15, 0.2) is 0 Å². The number of halogens is 2. The van der Waals surface area contributed by atoms with Gasteiger partial charge in [0, 0.05) is 18.9 Å². The van der Waals surface area contributed by atoms with Crippen LogP contribution in [-0.4, -0.2) is 21.0 Å². The third-order valence-corrected chi connectivity index (χ3v) is 3.93. The lowest BCUT2D eigenvalue weighted by Crippen LogP contribution is -2.42. The molecule has 1 aliphatic carbocycles. The standard InChI is InChI=1S/C16H20N4O.2ClH/c17-16(7-8-16)15(21)19-12-14-18-9-11-20(14)10-6-13-4-2-1-3-5-13;;/h1-5,9,11H,6-8,10,12,17H2,(H,19,21);2*1H. The van der Waals surface area contributed by atoms with Crippen molar-refractivity contribution in [2.45, 2.75) is 37.9 Å². The number of rotatable bonds is 6. The average molecular weight is 357 g/mol. The molecule has 1 aliphatic rings. The summed E-state index contributed by atoms with van der Waals surface area (Å²) in [7, 11) is 0. The van der Waals surface area contributed by atoms with E-state index in [0.717, 1.165) is 31.6 Å². The first-order valence-electron chi connectivity index (χ1n) is 7.28. The number of nitrogens with one attached hydrogen (secondary N) is 1. The average Bonchev–Trinajstić information content (AvgIpc) is 3.11. The molecule has 1 saturated carbocycles. The van der Waals surface area contributed by atoms with Crippen LogP contribution >= 0.6 is 24.8 Å². The number of carbonyl (C=O) groups is 1. The lowest BCUT2D eigenvalue weighted by molar-refractivity contribution is -0.123. The fourth-order valence-electron chi connectivity index (χ4n) is 2.30. The second kappa shape index (κ2) is 8.34. The molecule has 3 rings (SSSR count). The zero-order chi connectivity index (χ0) is 14.7. The number of hydrogen-bond acceptors (Lipinski definition) is 3. The molecular formula is C16H22Cl2N4O. The molecule has 1 fully saturated rings. The third kappa shape index (κ3) is 4.96. The molecule has 0 radical (unpaired) electrons. The lowest BCUT2D eigenvalue weighted by atomic mass is 10.1. The van der Waals surface area contributed by atoms with E-state index in [0.29, 0.717) is 6.54 Å². The molecule has 0 atom stereocenters. The Labute approximate surface area is 148 Å². The Bertz CT molecular complexity index is 626. The highest BCUT2D eigenvalue weighted by atomic mass is 35.5. The first kappa shape index (κ1) is 19.5. The Kier molecular flexibility index (Phi) is 7.06. The fourth-order valence-corrected chi connectivity index (χ4v) is 2.30.